The molecule has 0 saturated heterocycles. The Hall–Kier alpha value is -2.02. The van der Waals surface area contributed by atoms with Gasteiger partial charge >= 0.3 is 0 Å². The van der Waals surface area contributed by atoms with Gasteiger partial charge in [-0.05, 0) is 63.0 Å². The highest BCUT2D eigenvalue weighted by Gasteiger charge is 2.42. The molecule has 5 atom stereocenters. The van der Waals surface area contributed by atoms with Gasteiger partial charge in [-0.3, -0.25) is 4.79 Å². The molecule has 0 heterocycles. The molecule has 1 aromatic rings. The number of nitrogens with one attached hydrogen (secondary N) is 1. The van der Waals surface area contributed by atoms with Crippen LogP contribution in [0.1, 0.15) is 45.1 Å². The Bertz CT molecular complexity index is 622. The van der Waals surface area contributed by atoms with Crippen LogP contribution in [0.5, 0.6) is 5.75 Å². The van der Waals surface area contributed by atoms with E-state index in [1.165, 1.54) is 25.7 Å². The normalized spacial score (nSPS) is 28.0. The van der Waals surface area contributed by atoms with E-state index in [0.29, 0.717) is 17.2 Å². The monoisotopic (exact) mass is 312 g/mol. The van der Waals surface area contributed by atoms with Gasteiger partial charge in [0.1, 0.15) is 11.8 Å². The van der Waals surface area contributed by atoms with Crippen LogP contribution in [0.25, 0.3) is 0 Å². The number of nitriles is 1. The highest BCUT2D eigenvalue weighted by atomic mass is 16.5. The smallest absolute Gasteiger partial charge is 0.260 e. The average Bonchev–Trinajstić information content (AvgIpc) is 3.18. The number of amides is 1. The maximum Gasteiger partial charge on any atom is 0.260 e. The molecule has 1 aromatic carbocycles. The molecule has 2 aliphatic rings. The number of rotatable bonds is 5. The Kier molecular flexibility index (Phi) is 4.56. The number of nitrogens with zero attached hydrogens (tertiary/aromatic N) is 1. The van der Waals surface area contributed by atoms with Crippen molar-refractivity contribution in [3.05, 3.63) is 29.8 Å². The van der Waals surface area contributed by atoms with E-state index in [1.54, 1.807) is 31.2 Å². The fourth-order valence-electron chi connectivity index (χ4n) is 4.26. The van der Waals surface area contributed by atoms with Gasteiger partial charge in [0, 0.05) is 6.04 Å². The van der Waals surface area contributed by atoms with Crippen LogP contribution in [0, 0.1) is 29.1 Å². The molecule has 1 N–H and O–H groups in total. The number of hydrogen-bond acceptors (Lipinski definition) is 3. The van der Waals surface area contributed by atoms with Crippen molar-refractivity contribution in [3.63, 3.8) is 0 Å². The van der Waals surface area contributed by atoms with Crippen molar-refractivity contribution in [2.24, 2.45) is 17.8 Å². The summed E-state index contributed by atoms with van der Waals surface area (Å²) < 4.78 is 5.69. The van der Waals surface area contributed by atoms with Gasteiger partial charge in [-0.15, -0.1) is 0 Å². The third kappa shape index (κ3) is 3.34. The molecule has 0 unspecified atom stereocenters. The Balaban J connectivity index is 1.56. The van der Waals surface area contributed by atoms with Crippen LogP contribution in [0.4, 0.5) is 0 Å². The minimum absolute atomic E-state index is 0.104. The third-order valence-electron chi connectivity index (χ3n) is 5.49. The molecule has 4 heteroatoms. The van der Waals surface area contributed by atoms with Crippen molar-refractivity contribution in [3.8, 4) is 11.8 Å². The fourth-order valence-corrected chi connectivity index (χ4v) is 4.26. The van der Waals surface area contributed by atoms with E-state index in [4.69, 9.17) is 10.00 Å². The molecule has 3 rings (SSSR count). The Morgan fingerprint density at radius 1 is 1.30 bits per heavy atom. The zero-order valence-electron chi connectivity index (χ0n) is 13.8. The third-order valence-corrected chi connectivity index (χ3v) is 5.49. The van der Waals surface area contributed by atoms with Crippen LogP contribution in [0.15, 0.2) is 24.3 Å². The summed E-state index contributed by atoms with van der Waals surface area (Å²) in [6, 6.07) is 9.28. The van der Waals surface area contributed by atoms with Gasteiger partial charge in [-0.25, -0.2) is 0 Å². The van der Waals surface area contributed by atoms with Crippen molar-refractivity contribution in [2.45, 2.75) is 51.7 Å². The lowest BCUT2D eigenvalue weighted by Crippen LogP contribution is -2.45. The van der Waals surface area contributed by atoms with Gasteiger partial charge < -0.3 is 10.1 Å². The first kappa shape index (κ1) is 15.9. The predicted octanol–water partition coefficient (Wildman–Crippen LogP) is 3.27. The van der Waals surface area contributed by atoms with Crippen LogP contribution in [-0.2, 0) is 4.79 Å². The number of ether oxygens (including phenoxy) is 1. The van der Waals surface area contributed by atoms with Gasteiger partial charge in [0.15, 0.2) is 6.10 Å². The summed E-state index contributed by atoms with van der Waals surface area (Å²) >= 11 is 0. The standard InChI is InChI=1S/C19H24N2O2/c1-12(17-10-14-7-8-15(17)9-14)21-19(22)13(2)23-18-6-4-3-5-16(18)11-20/h3-6,12-15,17H,7-10H2,1-2H3,(H,21,22)/t12-,13-,14-,15-,17-/m0/s1. The molecular formula is C19H24N2O2. The van der Waals surface area contributed by atoms with Crippen molar-refractivity contribution in [1.82, 2.24) is 5.32 Å². The zero-order chi connectivity index (χ0) is 16.4. The van der Waals surface area contributed by atoms with Crippen LogP contribution in [-0.4, -0.2) is 18.1 Å². The van der Waals surface area contributed by atoms with E-state index in [-0.39, 0.29) is 11.9 Å². The molecule has 0 aromatic heterocycles. The minimum Gasteiger partial charge on any atom is -0.480 e. The molecule has 2 aliphatic carbocycles. The highest BCUT2D eigenvalue weighted by molar-refractivity contribution is 5.81. The topological polar surface area (TPSA) is 62.1 Å². The van der Waals surface area contributed by atoms with Crippen LogP contribution in [0.2, 0.25) is 0 Å². The molecule has 0 aliphatic heterocycles. The molecule has 0 spiro atoms. The predicted molar refractivity (Wildman–Crippen MR) is 87.8 cm³/mol. The minimum atomic E-state index is -0.606. The van der Waals surface area contributed by atoms with Crippen molar-refractivity contribution in [1.29, 1.82) is 5.26 Å². The summed E-state index contributed by atoms with van der Waals surface area (Å²) in [5.74, 6) is 2.63. The van der Waals surface area contributed by atoms with E-state index < -0.39 is 6.10 Å². The maximum absolute atomic E-state index is 12.4. The van der Waals surface area contributed by atoms with Crippen LogP contribution < -0.4 is 10.1 Å². The number of benzene rings is 1. The van der Waals surface area contributed by atoms with Gasteiger partial charge in [-0.1, -0.05) is 18.6 Å². The van der Waals surface area contributed by atoms with Crippen molar-refractivity contribution >= 4 is 5.91 Å². The first-order valence-corrected chi connectivity index (χ1v) is 8.54. The summed E-state index contributed by atoms with van der Waals surface area (Å²) in [5.41, 5.74) is 0.452. The number of para-hydroxylation sites is 1. The summed E-state index contributed by atoms with van der Waals surface area (Å²) in [6.07, 6.45) is 4.67. The summed E-state index contributed by atoms with van der Waals surface area (Å²) in [4.78, 5) is 12.4. The molecule has 2 bridgehead atoms. The Morgan fingerprint density at radius 3 is 2.74 bits per heavy atom. The van der Waals surface area contributed by atoms with Gasteiger partial charge in [0.05, 0.1) is 5.56 Å². The largest absolute Gasteiger partial charge is 0.480 e. The van der Waals surface area contributed by atoms with E-state index in [9.17, 15) is 4.79 Å². The molecule has 4 nitrogen and oxygen atoms in total. The molecule has 122 valence electrons. The van der Waals surface area contributed by atoms with E-state index in [1.807, 2.05) is 0 Å². The van der Waals surface area contributed by atoms with E-state index >= 15 is 0 Å². The number of fused-ring (bicyclic) bond motifs is 2. The quantitative estimate of drug-likeness (QED) is 0.907. The lowest BCUT2D eigenvalue weighted by atomic mass is 9.84. The second kappa shape index (κ2) is 6.62. The van der Waals surface area contributed by atoms with Crippen LogP contribution in [0.3, 0.4) is 0 Å². The summed E-state index contributed by atoms with van der Waals surface area (Å²) in [5, 5.41) is 12.2. The highest BCUT2D eigenvalue weighted by Crippen LogP contribution is 2.49. The number of carbonyl (C=O) groups excluding carboxylic acids is 1. The molecule has 2 fully saturated rings. The van der Waals surface area contributed by atoms with Gasteiger partial charge in [0.2, 0.25) is 0 Å². The maximum atomic E-state index is 12.4. The van der Waals surface area contributed by atoms with Gasteiger partial charge in [-0.2, -0.15) is 5.26 Å². The molecule has 2 saturated carbocycles. The van der Waals surface area contributed by atoms with Crippen molar-refractivity contribution in [2.75, 3.05) is 0 Å². The van der Waals surface area contributed by atoms with E-state index in [0.717, 1.165) is 11.8 Å². The van der Waals surface area contributed by atoms with Crippen LogP contribution >= 0.6 is 0 Å². The van der Waals surface area contributed by atoms with Gasteiger partial charge in [0.25, 0.3) is 5.91 Å². The molecule has 23 heavy (non-hydrogen) atoms. The Labute approximate surface area is 137 Å². The average molecular weight is 312 g/mol. The SMILES string of the molecule is C[C@H](Oc1ccccc1C#N)C(=O)N[C@@H](C)[C@@H]1C[C@H]2CC[C@H]1C2. The zero-order valence-corrected chi connectivity index (χ0v) is 13.8. The van der Waals surface area contributed by atoms with E-state index in [2.05, 4.69) is 18.3 Å². The molecule has 0 radical (unpaired) electrons. The van der Waals surface area contributed by atoms with Crippen molar-refractivity contribution < 1.29 is 9.53 Å². The first-order chi connectivity index (χ1) is 11.1. The second-order valence-electron chi connectivity index (χ2n) is 7.00. The summed E-state index contributed by atoms with van der Waals surface area (Å²) in [6.45, 7) is 3.84. The Morgan fingerprint density at radius 2 is 2.09 bits per heavy atom. The number of hydrogen-bond donors (Lipinski definition) is 1. The lowest BCUT2D eigenvalue weighted by Gasteiger charge is -2.29. The first-order valence-electron chi connectivity index (χ1n) is 8.54. The fraction of sp³-hybridized carbons (Fsp3) is 0.579. The number of carbonyl (C=O) groups is 1. The summed E-state index contributed by atoms with van der Waals surface area (Å²) in [7, 11) is 0. The lowest BCUT2D eigenvalue weighted by molar-refractivity contribution is -0.128. The molecule has 1 amide bonds. The molecular weight excluding hydrogens is 288 g/mol. The second-order valence-corrected chi connectivity index (χ2v) is 7.00.